The zero-order valence-corrected chi connectivity index (χ0v) is 24.9. The van der Waals surface area contributed by atoms with Gasteiger partial charge in [0.2, 0.25) is 0 Å². The first kappa shape index (κ1) is 37.2. The molecule has 2 aromatic rings. The molecule has 46 heavy (non-hydrogen) atoms. The monoisotopic (exact) mass is 675 g/mol. The summed E-state index contributed by atoms with van der Waals surface area (Å²) in [5, 5.41) is 0. The van der Waals surface area contributed by atoms with Gasteiger partial charge < -0.3 is 4.74 Å². The lowest BCUT2D eigenvalue weighted by atomic mass is 9.78. The first-order valence-corrected chi connectivity index (χ1v) is 14.3. The lowest BCUT2D eigenvalue weighted by Crippen LogP contribution is -2.42. The molecule has 0 amide bonds. The molecule has 0 saturated carbocycles. The first-order valence-electron chi connectivity index (χ1n) is 14.3. The minimum Gasteiger partial charge on any atom is -0.386 e. The summed E-state index contributed by atoms with van der Waals surface area (Å²) in [6.45, 7) is 5.19. The van der Waals surface area contributed by atoms with Gasteiger partial charge in [0, 0.05) is 17.6 Å². The Labute approximate surface area is 257 Å². The van der Waals surface area contributed by atoms with Crippen molar-refractivity contribution in [2.75, 3.05) is 6.54 Å². The van der Waals surface area contributed by atoms with Gasteiger partial charge in [0.25, 0.3) is 0 Å². The Bertz CT molecular complexity index is 1330. The van der Waals surface area contributed by atoms with E-state index in [4.69, 9.17) is 0 Å². The van der Waals surface area contributed by atoms with Crippen molar-refractivity contribution in [1.82, 2.24) is 4.90 Å². The summed E-state index contributed by atoms with van der Waals surface area (Å²) in [5.74, 6) is -11.0. The Morgan fingerprint density at radius 2 is 1.35 bits per heavy atom. The van der Waals surface area contributed by atoms with Crippen molar-refractivity contribution < 1.29 is 62.6 Å². The van der Waals surface area contributed by atoms with Crippen molar-refractivity contribution in [3.63, 3.8) is 0 Å². The number of hydrogen-bond acceptors (Lipinski definition) is 4. The summed E-state index contributed by atoms with van der Waals surface area (Å²) in [6.07, 6.45) is -14.8. The number of ether oxygens (including phenoxy) is 1. The SMILES string of the molecule is CC(C)CC[C@H](c1ccc(C(F)(F)C(F)(F)F)cc1)N1CC[C@@H](C(C)C(=O)OC(=O)C(F)(F)F)C[C@H]1c1ccc(C(F)(F)F)cc1. The molecule has 4 nitrogen and oxygen atoms in total. The number of esters is 2. The van der Waals surface area contributed by atoms with Crippen molar-refractivity contribution in [2.45, 2.75) is 83.0 Å². The van der Waals surface area contributed by atoms with Crippen molar-refractivity contribution >= 4 is 11.9 Å². The lowest BCUT2D eigenvalue weighted by molar-refractivity contribution is -0.289. The van der Waals surface area contributed by atoms with Crippen LogP contribution in [-0.4, -0.2) is 35.7 Å². The standard InChI is InChI=1S/C31H32F11NO3/c1-17(2)4-13-24(19-5-9-22(10-6-19)28(32,33)31(40,41)42)43-15-14-21(18(3)26(44)46-27(45)30(37,38)39)16-25(43)20-7-11-23(12-8-20)29(34,35)36/h5-12,17-18,21,24-25H,4,13-16H2,1-3H3/t18?,21-,24-,25+/m1/s1. The van der Waals surface area contributed by atoms with Crippen LogP contribution in [0.1, 0.15) is 80.8 Å². The predicted molar refractivity (Wildman–Crippen MR) is 143 cm³/mol. The van der Waals surface area contributed by atoms with Crippen LogP contribution in [0.25, 0.3) is 0 Å². The first-order chi connectivity index (χ1) is 21.0. The maximum atomic E-state index is 14.0. The van der Waals surface area contributed by atoms with Crippen LogP contribution >= 0.6 is 0 Å². The van der Waals surface area contributed by atoms with Gasteiger partial charge in [-0.3, -0.25) is 9.69 Å². The zero-order chi connectivity index (χ0) is 34.8. The van der Waals surface area contributed by atoms with E-state index in [1.54, 1.807) is 0 Å². The van der Waals surface area contributed by atoms with Crippen molar-refractivity contribution in [1.29, 1.82) is 0 Å². The minimum absolute atomic E-state index is 0.0181. The average molecular weight is 676 g/mol. The molecular formula is C31H32F11NO3. The lowest BCUT2D eigenvalue weighted by Gasteiger charge is -2.45. The highest BCUT2D eigenvalue weighted by Crippen LogP contribution is 2.47. The van der Waals surface area contributed by atoms with Gasteiger partial charge in [-0.1, -0.05) is 57.2 Å². The van der Waals surface area contributed by atoms with Gasteiger partial charge in [-0.2, -0.15) is 48.3 Å². The Kier molecular flexibility index (Phi) is 11.2. The summed E-state index contributed by atoms with van der Waals surface area (Å²) in [5.41, 5.74) is -1.51. The van der Waals surface area contributed by atoms with E-state index in [1.807, 2.05) is 18.7 Å². The van der Waals surface area contributed by atoms with Crippen LogP contribution in [0.2, 0.25) is 0 Å². The van der Waals surface area contributed by atoms with Crippen LogP contribution < -0.4 is 0 Å². The van der Waals surface area contributed by atoms with Crippen molar-refractivity contribution in [2.24, 2.45) is 17.8 Å². The van der Waals surface area contributed by atoms with E-state index < -0.39 is 71.4 Å². The van der Waals surface area contributed by atoms with E-state index in [9.17, 15) is 57.9 Å². The molecule has 256 valence electrons. The van der Waals surface area contributed by atoms with Gasteiger partial charge in [0.1, 0.15) is 0 Å². The summed E-state index contributed by atoms with van der Waals surface area (Å²) >= 11 is 0. The smallest absolute Gasteiger partial charge is 0.386 e. The number of piperidine rings is 1. The van der Waals surface area contributed by atoms with Gasteiger partial charge in [0.05, 0.1) is 11.5 Å². The van der Waals surface area contributed by atoms with Crippen LogP contribution in [0, 0.1) is 17.8 Å². The predicted octanol–water partition coefficient (Wildman–Crippen LogP) is 9.56. The maximum Gasteiger partial charge on any atom is 0.491 e. The second kappa shape index (κ2) is 13.9. The number of alkyl halides is 11. The van der Waals surface area contributed by atoms with Crippen LogP contribution in [-0.2, 0) is 26.4 Å². The summed E-state index contributed by atoms with van der Waals surface area (Å²) in [7, 11) is 0. The molecule has 1 fully saturated rings. The number of carbonyl (C=O) groups is 2. The number of hydrogen-bond donors (Lipinski definition) is 0. The van der Waals surface area contributed by atoms with Crippen LogP contribution in [0.15, 0.2) is 48.5 Å². The molecule has 3 rings (SSSR count). The molecule has 4 atom stereocenters. The second-order valence-corrected chi connectivity index (χ2v) is 11.8. The van der Waals surface area contributed by atoms with E-state index in [0.29, 0.717) is 36.1 Å². The van der Waals surface area contributed by atoms with Gasteiger partial charge in [-0.05, 0) is 67.3 Å². The largest absolute Gasteiger partial charge is 0.491 e. The van der Waals surface area contributed by atoms with E-state index in [1.165, 1.54) is 19.1 Å². The third kappa shape index (κ3) is 8.77. The molecule has 0 aliphatic carbocycles. The fourth-order valence-electron chi connectivity index (χ4n) is 5.59. The summed E-state index contributed by atoms with van der Waals surface area (Å²) < 4.78 is 149. The molecule has 0 aromatic heterocycles. The maximum absolute atomic E-state index is 14.0. The third-order valence-electron chi connectivity index (χ3n) is 8.24. The quantitative estimate of drug-likeness (QED) is 0.151. The average Bonchev–Trinajstić information content (AvgIpc) is 2.95. The topological polar surface area (TPSA) is 46.6 Å². The summed E-state index contributed by atoms with van der Waals surface area (Å²) in [6, 6.07) is 6.33. The second-order valence-electron chi connectivity index (χ2n) is 11.8. The molecule has 0 bridgehead atoms. The van der Waals surface area contributed by atoms with Gasteiger partial charge in [0.15, 0.2) is 0 Å². The number of likely N-dealkylation sites (tertiary alicyclic amines) is 1. The highest BCUT2D eigenvalue weighted by Gasteiger charge is 2.58. The molecule has 15 heteroatoms. The number of rotatable bonds is 9. The van der Waals surface area contributed by atoms with Crippen molar-refractivity contribution in [3.8, 4) is 0 Å². The fraction of sp³-hybridized carbons (Fsp3) is 0.548. The number of benzene rings is 2. The van der Waals surface area contributed by atoms with Gasteiger partial charge >= 0.3 is 36.4 Å². The fourth-order valence-corrected chi connectivity index (χ4v) is 5.59. The van der Waals surface area contributed by atoms with Gasteiger partial charge in [-0.15, -0.1) is 0 Å². The van der Waals surface area contributed by atoms with E-state index >= 15 is 0 Å². The molecule has 1 heterocycles. The molecule has 1 unspecified atom stereocenters. The van der Waals surface area contributed by atoms with Crippen LogP contribution in [0.5, 0.6) is 0 Å². The zero-order valence-electron chi connectivity index (χ0n) is 24.9. The highest BCUT2D eigenvalue weighted by atomic mass is 19.4. The van der Waals surface area contributed by atoms with Crippen LogP contribution in [0.4, 0.5) is 48.3 Å². The molecule has 0 N–H and O–H groups in total. The Balaban J connectivity index is 2.02. The molecule has 1 aliphatic rings. The number of nitrogens with zero attached hydrogens (tertiary/aromatic N) is 1. The van der Waals surface area contributed by atoms with E-state index in [0.717, 1.165) is 24.3 Å². The number of halogens is 11. The molecule has 0 spiro atoms. The van der Waals surface area contributed by atoms with Gasteiger partial charge in [-0.25, -0.2) is 4.79 Å². The summed E-state index contributed by atoms with van der Waals surface area (Å²) in [4.78, 5) is 25.6. The molecule has 0 radical (unpaired) electrons. The molecular weight excluding hydrogens is 643 g/mol. The Hall–Kier alpha value is -3.23. The highest BCUT2D eigenvalue weighted by molar-refractivity contribution is 5.89. The Morgan fingerprint density at radius 1 is 0.804 bits per heavy atom. The third-order valence-corrected chi connectivity index (χ3v) is 8.24. The minimum atomic E-state index is -5.83. The van der Waals surface area contributed by atoms with E-state index in [2.05, 4.69) is 4.74 Å². The van der Waals surface area contributed by atoms with Crippen LogP contribution in [0.3, 0.4) is 0 Å². The molecule has 2 aromatic carbocycles. The molecule has 1 saturated heterocycles. The van der Waals surface area contributed by atoms with E-state index in [-0.39, 0.29) is 25.3 Å². The Morgan fingerprint density at radius 3 is 1.83 bits per heavy atom. The van der Waals surface area contributed by atoms with Crippen molar-refractivity contribution in [3.05, 3.63) is 70.8 Å². The number of carbonyl (C=O) groups excluding carboxylic acids is 2. The normalized spacial score (nSPS) is 20.0. The molecule has 1 aliphatic heterocycles.